The second kappa shape index (κ2) is 4.83. The third kappa shape index (κ3) is 2.35. The van der Waals surface area contributed by atoms with E-state index in [4.69, 9.17) is 10.2 Å². The maximum atomic E-state index is 11.9. The van der Waals surface area contributed by atoms with Crippen molar-refractivity contribution in [1.82, 2.24) is 4.98 Å². The van der Waals surface area contributed by atoms with Crippen LogP contribution in [0.25, 0.3) is 10.2 Å². The highest BCUT2D eigenvalue weighted by Gasteiger charge is 2.13. The van der Waals surface area contributed by atoms with Crippen molar-refractivity contribution in [3.05, 3.63) is 47.9 Å². The fraction of sp³-hybridized carbons (Fsp3) is 0.0769. The predicted molar refractivity (Wildman–Crippen MR) is 74.2 cm³/mol. The normalized spacial score (nSPS) is 10.8. The first-order valence-corrected chi connectivity index (χ1v) is 6.53. The molecule has 1 aromatic carbocycles. The zero-order valence-electron chi connectivity index (χ0n) is 9.92. The first-order valence-electron chi connectivity index (χ1n) is 5.72. The van der Waals surface area contributed by atoms with Crippen LogP contribution in [0.15, 0.2) is 40.8 Å². The average molecular weight is 273 g/mol. The van der Waals surface area contributed by atoms with Gasteiger partial charge in [0, 0.05) is 0 Å². The van der Waals surface area contributed by atoms with Gasteiger partial charge in [0.15, 0.2) is 10.9 Å². The van der Waals surface area contributed by atoms with Gasteiger partial charge in [0.25, 0.3) is 5.91 Å². The second-order valence-corrected chi connectivity index (χ2v) is 4.94. The molecule has 2 aromatic heterocycles. The number of carbonyl (C=O) groups excluding carboxylic acids is 1. The summed E-state index contributed by atoms with van der Waals surface area (Å²) >= 11 is 1.42. The van der Waals surface area contributed by atoms with Crippen LogP contribution in [0.2, 0.25) is 0 Å². The molecule has 0 aliphatic heterocycles. The number of carbonyl (C=O) groups is 1. The number of benzene rings is 1. The van der Waals surface area contributed by atoms with Crippen molar-refractivity contribution in [2.75, 3.05) is 5.32 Å². The molecule has 2 heterocycles. The first-order chi connectivity index (χ1) is 9.26. The van der Waals surface area contributed by atoms with E-state index in [2.05, 4.69) is 10.3 Å². The van der Waals surface area contributed by atoms with Gasteiger partial charge in [-0.1, -0.05) is 23.5 Å². The minimum atomic E-state index is -0.321. The van der Waals surface area contributed by atoms with E-state index in [1.54, 1.807) is 12.1 Å². The van der Waals surface area contributed by atoms with Gasteiger partial charge in [-0.15, -0.1) is 0 Å². The van der Waals surface area contributed by atoms with Crippen LogP contribution in [0.4, 0.5) is 5.13 Å². The Bertz CT molecular complexity index is 699. The smallest absolute Gasteiger partial charge is 0.293 e. The van der Waals surface area contributed by atoms with E-state index in [0.29, 0.717) is 10.9 Å². The third-order valence-corrected chi connectivity index (χ3v) is 3.55. The monoisotopic (exact) mass is 273 g/mol. The number of furan rings is 1. The van der Waals surface area contributed by atoms with Gasteiger partial charge in [-0.25, -0.2) is 4.98 Å². The van der Waals surface area contributed by atoms with Crippen molar-refractivity contribution in [3.8, 4) is 0 Å². The summed E-state index contributed by atoms with van der Waals surface area (Å²) in [7, 11) is 0. The molecule has 0 atom stereocenters. The molecule has 0 radical (unpaired) electrons. The summed E-state index contributed by atoms with van der Waals surface area (Å²) in [4.78, 5) is 16.3. The number of thiazole rings is 1. The molecule has 0 saturated heterocycles. The Kier molecular flexibility index (Phi) is 3.02. The summed E-state index contributed by atoms with van der Waals surface area (Å²) in [5.41, 5.74) is 6.30. The van der Waals surface area contributed by atoms with Gasteiger partial charge < -0.3 is 10.2 Å². The lowest BCUT2D eigenvalue weighted by atomic mass is 10.3. The molecule has 0 bridgehead atoms. The van der Waals surface area contributed by atoms with E-state index in [9.17, 15) is 4.79 Å². The number of hydrogen-bond acceptors (Lipinski definition) is 5. The van der Waals surface area contributed by atoms with Crippen molar-refractivity contribution >= 4 is 32.6 Å². The number of rotatable bonds is 3. The van der Waals surface area contributed by atoms with Crippen molar-refractivity contribution in [2.45, 2.75) is 6.54 Å². The number of hydrogen-bond donors (Lipinski definition) is 2. The van der Waals surface area contributed by atoms with Crippen molar-refractivity contribution in [1.29, 1.82) is 0 Å². The van der Waals surface area contributed by atoms with E-state index in [0.717, 1.165) is 10.2 Å². The molecule has 0 aliphatic rings. The zero-order chi connectivity index (χ0) is 13.2. The lowest BCUT2D eigenvalue weighted by molar-refractivity contribution is 0.0995. The Morgan fingerprint density at radius 3 is 2.89 bits per heavy atom. The molecule has 19 heavy (non-hydrogen) atoms. The number of fused-ring (bicyclic) bond motifs is 1. The summed E-state index contributed by atoms with van der Waals surface area (Å²) in [6.07, 6.45) is 0. The van der Waals surface area contributed by atoms with Crippen molar-refractivity contribution in [2.24, 2.45) is 5.73 Å². The molecule has 0 fully saturated rings. The molecule has 0 saturated carbocycles. The minimum Gasteiger partial charge on any atom is -0.455 e. The van der Waals surface area contributed by atoms with Crippen LogP contribution in [0.1, 0.15) is 16.3 Å². The third-order valence-electron chi connectivity index (χ3n) is 2.60. The van der Waals surface area contributed by atoms with Crippen LogP contribution in [0, 0.1) is 0 Å². The Morgan fingerprint density at radius 2 is 2.16 bits per heavy atom. The molecule has 0 spiro atoms. The number of amides is 1. The van der Waals surface area contributed by atoms with Gasteiger partial charge in [0.05, 0.1) is 16.8 Å². The summed E-state index contributed by atoms with van der Waals surface area (Å²) in [6, 6.07) is 11.0. The number of anilines is 1. The maximum Gasteiger partial charge on any atom is 0.293 e. The first kappa shape index (κ1) is 11.9. The zero-order valence-corrected chi connectivity index (χ0v) is 10.7. The Morgan fingerprint density at radius 1 is 1.32 bits per heavy atom. The molecule has 6 heteroatoms. The van der Waals surface area contributed by atoms with Crippen LogP contribution < -0.4 is 11.1 Å². The van der Waals surface area contributed by atoms with Gasteiger partial charge in [-0.2, -0.15) is 0 Å². The van der Waals surface area contributed by atoms with Gasteiger partial charge in [0.2, 0.25) is 0 Å². The molecule has 3 rings (SSSR count). The van der Waals surface area contributed by atoms with Crippen LogP contribution >= 0.6 is 11.3 Å². The minimum absolute atomic E-state index is 0.236. The summed E-state index contributed by atoms with van der Waals surface area (Å²) in [5.74, 6) is 0.493. The maximum absolute atomic E-state index is 11.9. The largest absolute Gasteiger partial charge is 0.455 e. The van der Waals surface area contributed by atoms with Gasteiger partial charge >= 0.3 is 0 Å². The van der Waals surface area contributed by atoms with Gasteiger partial charge in [-0.05, 0) is 24.3 Å². The number of para-hydroxylation sites is 1. The highest BCUT2D eigenvalue weighted by molar-refractivity contribution is 7.22. The van der Waals surface area contributed by atoms with Crippen molar-refractivity contribution < 1.29 is 9.21 Å². The highest BCUT2D eigenvalue weighted by atomic mass is 32.1. The number of nitrogens with one attached hydrogen (secondary N) is 1. The summed E-state index contributed by atoms with van der Waals surface area (Å²) in [5, 5.41) is 3.27. The second-order valence-electron chi connectivity index (χ2n) is 3.91. The van der Waals surface area contributed by atoms with Crippen molar-refractivity contribution in [3.63, 3.8) is 0 Å². The predicted octanol–water partition coefficient (Wildman–Crippen LogP) is 2.60. The number of nitrogens with zero attached hydrogens (tertiary/aromatic N) is 1. The molecule has 3 N–H and O–H groups in total. The van der Waals surface area contributed by atoms with E-state index in [-0.39, 0.29) is 18.2 Å². The Hall–Kier alpha value is -2.18. The molecule has 1 amide bonds. The van der Waals surface area contributed by atoms with Gasteiger partial charge in [-0.3, -0.25) is 10.1 Å². The van der Waals surface area contributed by atoms with Crippen LogP contribution in [-0.4, -0.2) is 10.9 Å². The SMILES string of the molecule is NCc1ccc(C(=O)Nc2nc3ccccc3s2)o1. The highest BCUT2D eigenvalue weighted by Crippen LogP contribution is 2.25. The van der Waals surface area contributed by atoms with Gasteiger partial charge in [0.1, 0.15) is 5.76 Å². The Labute approximate surface area is 113 Å². The van der Waals surface area contributed by atoms with Crippen LogP contribution in [-0.2, 0) is 6.54 Å². The lowest BCUT2D eigenvalue weighted by Crippen LogP contribution is -2.10. The summed E-state index contributed by atoms with van der Waals surface area (Å²) < 4.78 is 6.31. The molecule has 5 nitrogen and oxygen atoms in total. The lowest BCUT2D eigenvalue weighted by Gasteiger charge is -1.97. The average Bonchev–Trinajstić information content (AvgIpc) is 3.04. The number of aromatic nitrogens is 1. The molecule has 3 aromatic rings. The molecular weight excluding hydrogens is 262 g/mol. The van der Waals surface area contributed by atoms with Crippen LogP contribution in [0.5, 0.6) is 0 Å². The fourth-order valence-corrected chi connectivity index (χ4v) is 2.55. The standard InChI is InChI=1S/C13H11N3O2S/c14-7-8-5-6-10(18-8)12(17)16-13-15-9-3-1-2-4-11(9)19-13/h1-6H,7,14H2,(H,15,16,17). The molecule has 0 unspecified atom stereocenters. The fourth-order valence-electron chi connectivity index (χ4n) is 1.69. The Balaban J connectivity index is 1.82. The van der Waals surface area contributed by atoms with E-state index >= 15 is 0 Å². The molecule has 96 valence electrons. The quantitative estimate of drug-likeness (QED) is 0.768. The summed E-state index contributed by atoms with van der Waals surface area (Å²) in [6.45, 7) is 0.272. The molecule has 0 aliphatic carbocycles. The van der Waals surface area contributed by atoms with E-state index in [1.807, 2.05) is 24.3 Å². The van der Waals surface area contributed by atoms with E-state index in [1.165, 1.54) is 11.3 Å². The van der Waals surface area contributed by atoms with Crippen LogP contribution in [0.3, 0.4) is 0 Å². The topological polar surface area (TPSA) is 81.2 Å². The molecular formula is C13H11N3O2S. The van der Waals surface area contributed by atoms with E-state index < -0.39 is 0 Å². The number of nitrogens with two attached hydrogens (primary N) is 1.